The second-order valence-electron chi connectivity index (χ2n) is 6.89. The molecule has 0 aliphatic carbocycles. The molecule has 1 unspecified atom stereocenters. The SMILES string of the molecule is Cc1c(C)c2c(c(C)c1O)C(c1ccc(C=O)cc1)C(C)(C)O2. The van der Waals surface area contributed by atoms with E-state index in [2.05, 4.69) is 13.8 Å². The minimum absolute atomic E-state index is 0.0170. The number of carbonyl (C=O) groups is 1. The fourth-order valence-corrected chi connectivity index (χ4v) is 3.61. The number of carbonyl (C=O) groups excluding carboxylic acids is 1. The van der Waals surface area contributed by atoms with E-state index in [-0.39, 0.29) is 5.92 Å². The van der Waals surface area contributed by atoms with Crippen LogP contribution in [0.5, 0.6) is 11.5 Å². The Morgan fingerprint density at radius 1 is 1.04 bits per heavy atom. The Morgan fingerprint density at radius 3 is 2.22 bits per heavy atom. The summed E-state index contributed by atoms with van der Waals surface area (Å²) in [6.07, 6.45) is 0.846. The number of ether oxygens (including phenoxy) is 1. The molecule has 0 radical (unpaired) electrons. The van der Waals surface area contributed by atoms with Gasteiger partial charge in [-0.05, 0) is 56.9 Å². The third kappa shape index (κ3) is 2.23. The third-order valence-corrected chi connectivity index (χ3v) is 5.02. The minimum Gasteiger partial charge on any atom is -0.507 e. The van der Waals surface area contributed by atoms with Gasteiger partial charge in [-0.15, -0.1) is 0 Å². The Morgan fingerprint density at radius 2 is 1.65 bits per heavy atom. The molecule has 1 heterocycles. The first-order valence-corrected chi connectivity index (χ1v) is 7.84. The number of hydrogen-bond donors (Lipinski definition) is 1. The second-order valence-corrected chi connectivity index (χ2v) is 6.89. The minimum atomic E-state index is -0.416. The Balaban J connectivity index is 2.25. The van der Waals surface area contributed by atoms with Crippen molar-refractivity contribution in [3.63, 3.8) is 0 Å². The summed E-state index contributed by atoms with van der Waals surface area (Å²) in [6.45, 7) is 9.98. The van der Waals surface area contributed by atoms with Gasteiger partial charge in [0.1, 0.15) is 23.4 Å². The standard InChI is InChI=1S/C20H22O3/c1-11-12(2)19-16(13(3)18(11)22)17(20(4,5)23-19)15-8-6-14(10-21)7-9-15/h6-10,17,22H,1-5H3. The number of phenolic OH excluding ortho intramolecular Hbond substituents is 1. The first kappa shape index (κ1) is 15.6. The van der Waals surface area contributed by atoms with Gasteiger partial charge in [-0.2, -0.15) is 0 Å². The van der Waals surface area contributed by atoms with Gasteiger partial charge in [0.2, 0.25) is 0 Å². The van der Waals surface area contributed by atoms with Gasteiger partial charge >= 0.3 is 0 Å². The van der Waals surface area contributed by atoms with Crippen LogP contribution in [0.15, 0.2) is 24.3 Å². The zero-order chi connectivity index (χ0) is 16.9. The average Bonchev–Trinajstić information content (AvgIpc) is 2.82. The normalized spacial score (nSPS) is 18.4. The smallest absolute Gasteiger partial charge is 0.150 e. The molecule has 3 nitrogen and oxygen atoms in total. The van der Waals surface area contributed by atoms with E-state index in [1.165, 1.54) is 0 Å². The molecule has 0 aromatic heterocycles. The largest absolute Gasteiger partial charge is 0.507 e. The van der Waals surface area contributed by atoms with Crippen LogP contribution in [0.2, 0.25) is 0 Å². The summed E-state index contributed by atoms with van der Waals surface area (Å²) < 4.78 is 6.28. The van der Waals surface area contributed by atoms with Crippen molar-refractivity contribution in [1.29, 1.82) is 0 Å². The Hall–Kier alpha value is -2.29. The van der Waals surface area contributed by atoms with Crippen molar-refractivity contribution in [3.05, 3.63) is 57.6 Å². The highest BCUT2D eigenvalue weighted by molar-refractivity contribution is 5.75. The van der Waals surface area contributed by atoms with Gasteiger partial charge in [0.25, 0.3) is 0 Å². The van der Waals surface area contributed by atoms with Gasteiger partial charge in [0.15, 0.2) is 0 Å². The van der Waals surface area contributed by atoms with E-state index in [4.69, 9.17) is 4.74 Å². The van der Waals surface area contributed by atoms with Crippen LogP contribution < -0.4 is 4.74 Å². The number of aldehydes is 1. The van der Waals surface area contributed by atoms with Crippen LogP contribution in [0.25, 0.3) is 0 Å². The van der Waals surface area contributed by atoms with Crippen molar-refractivity contribution < 1.29 is 14.6 Å². The lowest BCUT2D eigenvalue weighted by atomic mass is 9.78. The van der Waals surface area contributed by atoms with Gasteiger partial charge < -0.3 is 9.84 Å². The summed E-state index contributed by atoms with van der Waals surface area (Å²) in [5.74, 6) is 1.24. The summed E-state index contributed by atoms with van der Waals surface area (Å²) in [7, 11) is 0. The van der Waals surface area contributed by atoms with E-state index < -0.39 is 5.60 Å². The van der Waals surface area contributed by atoms with Crippen molar-refractivity contribution in [3.8, 4) is 11.5 Å². The third-order valence-electron chi connectivity index (χ3n) is 5.02. The maximum Gasteiger partial charge on any atom is 0.150 e. The van der Waals surface area contributed by atoms with E-state index in [0.717, 1.165) is 39.9 Å². The highest BCUT2D eigenvalue weighted by Crippen LogP contribution is 2.53. The molecule has 23 heavy (non-hydrogen) atoms. The molecule has 1 aliphatic heterocycles. The Kier molecular flexibility index (Phi) is 3.47. The fourth-order valence-electron chi connectivity index (χ4n) is 3.61. The Bertz CT molecular complexity index is 786. The maximum absolute atomic E-state index is 10.9. The van der Waals surface area contributed by atoms with Crippen LogP contribution in [0.4, 0.5) is 0 Å². The molecule has 3 heteroatoms. The predicted octanol–water partition coefficient (Wildman–Crippen LogP) is 4.43. The number of hydrogen-bond acceptors (Lipinski definition) is 3. The highest BCUT2D eigenvalue weighted by atomic mass is 16.5. The molecule has 0 bridgehead atoms. The van der Waals surface area contributed by atoms with Gasteiger partial charge in [-0.3, -0.25) is 4.79 Å². The van der Waals surface area contributed by atoms with Gasteiger partial charge in [0.05, 0.1) is 5.92 Å². The van der Waals surface area contributed by atoms with Crippen molar-refractivity contribution in [2.45, 2.75) is 46.1 Å². The molecule has 0 saturated carbocycles. The molecular weight excluding hydrogens is 288 g/mol. The summed E-state index contributed by atoms with van der Waals surface area (Å²) in [5.41, 5.74) is 5.11. The van der Waals surface area contributed by atoms with E-state index in [9.17, 15) is 9.90 Å². The molecule has 0 spiro atoms. The molecule has 120 valence electrons. The van der Waals surface area contributed by atoms with E-state index >= 15 is 0 Å². The van der Waals surface area contributed by atoms with Gasteiger partial charge in [0, 0.05) is 11.1 Å². The lowest BCUT2D eigenvalue weighted by molar-refractivity contribution is 0.112. The molecular formula is C20H22O3. The zero-order valence-electron chi connectivity index (χ0n) is 14.2. The first-order valence-electron chi connectivity index (χ1n) is 7.84. The molecule has 3 rings (SSSR count). The highest BCUT2D eigenvalue weighted by Gasteiger charge is 2.44. The summed E-state index contributed by atoms with van der Waals surface area (Å²) >= 11 is 0. The lowest BCUT2D eigenvalue weighted by Crippen LogP contribution is -2.31. The molecule has 1 atom stereocenters. The molecule has 0 amide bonds. The molecule has 2 aromatic carbocycles. The van der Waals surface area contributed by atoms with Crippen LogP contribution in [0, 0.1) is 20.8 Å². The number of fused-ring (bicyclic) bond motifs is 1. The van der Waals surface area contributed by atoms with Gasteiger partial charge in [-0.25, -0.2) is 0 Å². The van der Waals surface area contributed by atoms with E-state index in [1.54, 1.807) is 0 Å². The van der Waals surface area contributed by atoms with Crippen molar-refractivity contribution in [2.24, 2.45) is 0 Å². The summed E-state index contributed by atoms with van der Waals surface area (Å²) in [5, 5.41) is 10.5. The molecule has 2 aromatic rings. The number of phenols is 1. The predicted molar refractivity (Wildman–Crippen MR) is 90.7 cm³/mol. The van der Waals surface area contributed by atoms with E-state index in [1.807, 2.05) is 45.0 Å². The lowest BCUT2D eigenvalue weighted by Gasteiger charge is -2.27. The number of aromatic hydroxyl groups is 1. The number of benzene rings is 2. The molecule has 1 aliphatic rings. The molecule has 0 fully saturated rings. The monoisotopic (exact) mass is 310 g/mol. The zero-order valence-corrected chi connectivity index (χ0v) is 14.2. The topological polar surface area (TPSA) is 46.5 Å². The Labute approximate surface area is 136 Å². The molecule has 1 N–H and O–H groups in total. The summed E-state index contributed by atoms with van der Waals surface area (Å²) in [4.78, 5) is 10.9. The van der Waals surface area contributed by atoms with Gasteiger partial charge in [-0.1, -0.05) is 24.3 Å². The maximum atomic E-state index is 10.9. The van der Waals surface area contributed by atoms with Crippen molar-refractivity contribution in [1.82, 2.24) is 0 Å². The first-order chi connectivity index (χ1) is 10.8. The quantitative estimate of drug-likeness (QED) is 0.835. The molecule has 0 saturated heterocycles. The number of rotatable bonds is 2. The van der Waals surface area contributed by atoms with Crippen LogP contribution in [-0.2, 0) is 0 Å². The van der Waals surface area contributed by atoms with Crippen molar-refractivity contribution >= 4 is 6.29 Å². The second kappa shape index (κ2) is 5.12. The van der Waals surface area contributed by atoms with Crippen LogP contribution in [0.1, 0.15) is 57.9 Å². The average molecular weight is 310 g/mol. The van der Waals surface area contributed by atoms with Crippen molar-refractivity contribution in [2.75, 3.05) is 0 Å². The fraction of sp³-hybridized carbons (Fsp3) is 0.350. The van der Waals surface area contributed by atoms with E-state index in [0.29, 0.717) is 11.3 Å². The van der Waals surface area contributed by atoms with Crippen LogP contribution in [0.3, 0.4) is 0 Å². The van der Waals surface area contributed by atoms with Crippen LogP contribution in [-0.4, -0.2) is 17.0 Å². The summed E-state index contributed by atoms with van der Waals surface area (Å²) in [6, 6.07) is 7.60. The van der Waals surface area contributed by atoms with Crippen LogP contribution >= 0.6 is 0 Å².